The molecule has 0 spiro atoms. The predicted molar refractivity (Wildman–Crippen MR) is 43.9 cm³/mol. The second-order valence-electron chi connectivity index (χ2n) is 2.34. The number of halogens is 1. The van der Waals surface area contributed by atoms with Crippen LogP contribution in [0.1, 0.15) is 6.92 Å². The molecule has 70 valence electrons. The van der Waals surface area contributed by atoms with E-state index in [1.807, 2.05) is 0 Å². The van der Waals surface area contributed by atoms with Crippen molar-refractivity contribution < 1.29 is 14.7 Å². The number of carbonyl (C=O) groups excluding carboxylic acids is 1. The lowest BCUT2D eigenvalue weighted by Crippen LogP contribution is -2.48. The van der Waals surface area contributed by atoms with Crippen LogP contribution in [0, 0.1) is 0 Å². The molecule has 4 N–H and O–H groups in total. The second-order valence-corrected chi connectivity index (χ2v) is 2.65. The van der Waals surface area contributed by atoms with Crippen LogP contribution in [0.3, 0.4) is 0 Å². The molecule has 1 amide bonds. The number of hydrogen-bond donors (Lipinski definition) is 3. The first-order valence-electron chi connectivity index (χ1n) is 3.33. The van der Waals surface area contributed by atoms with Gasteiger partial charge in [-0.05, 0) is 6.92 Å². The van der Waals surface area contributed by atoms with Gasteiger partial charge >= 0.3 is 5.97 Å². The Balaban J connectivity index is 4.03. The molecule has 0 aliphatic heterocycles. The summed E-state index contributed by atoms with van der Waals surface area (Å²) < 4.78 is 0. The molecule has 2 unspecified atom stereocenters. The highest BCUT2D eigenvalue weighted by Gasteiger charge is 2.19. The average molecular weight is 195 g/mol. The van der Waals surface area contributed by atoms with E-state index in [1.165, 1.54) is 6.92 Å². The minimum Gasteiger partial charge on any atom is -0.480 e. The predicted octanol–water partition coefficient (Wildman–Crippen LogP) is -0.858. The number of amides is 1. The number of hydrogen-bond acceptors (Lipinski definition) is 3. The van der Waals surface area contributed by atoms with Gasteiger partial charge in [-0.1, -0.05) is 0 Å². The Kier molecular flexibility index (Phi) is 4.61. The molecule has 0 aliphatic rings. The summed E-state index contributed by atoms with van der Waals surface area (Å²) in [5.41, 5.74) is 5.19. The van der Waals surface area contributed by atoms with Gasteiger partial charge in [0.05, 0.1) is 11.9 Å². The molecule has 0 saturated heterocycles. The van der Waals surface area contributed by atoms with Crippen molar-refractivity contribution in [3.8, 4) is 0 Å². The quantitative estimate of drug-likeness (QED) is 0.508. The Morgan fingerprint density at radius 2 is 2.17 bits per heavy atom. The van der Waals surface area contributed by atoms with E-state index >= 15 is 0 Å². The van der Waals surface area contributed by atoms with Gasteiger partial charge < -0.3 is 16.2 Å². The SMILES string of the molecule is CC(N)C(=O)NC(CCl)C(=O)O. The third-order valence-electron chi connectivity index (χ3n) is 1.18. The van der Waals surface area contributed by atoms with Gasteiger partial charge in [0, 0.05) is 0 Å². The first kappa shape index (κ1) is 11.2. The Labute approximate surface area is 74.9 Å². The van der Waals surface area contributed by atoms with E-state index < -0.39 is 24.0 Å². The fourth-order valence-corrected chi connectivity index (χ4v) is 0.679. The second kappa shape index (κ2) is 4.95. The van der Waals surface area contributed by atoms with E-state index in [1.54, 1.807) is 0 Å². The van der Waals surface area contributed by atoms with Gasteiger partial charge in [-0.2, -0.15) is 0 Å². The zero-order valence-corrected chi connectivity index (χ0v) is 7.34. The molecule has 0 aliphatic carbocycles. The van der Waals surface area contributed by atoms with Crippen LogP contribution in [0.5, 0.6) is 0 Å². The normalized spacial score (nSPS) is 14.9. The Hall–Kier alpha value is -0.810. The van der Waals surface area contributed by atoms with E-state index in [0.717, 1.165) is 0 Å². The number of carbonyl (C=O) groups is 2. The maximum absolute atomic E-state index is 10.9. The van der Waals surface area contributed by atoms with Crippen molar-refractivity contribution in [2.45, 2.75) is 19.0 Å². The van der Waals surface area contributed by atoms with Crippen LogP contribution in [0.2, 0.25) is 0 Å². The minimum absolute atomic E-state index is 0.173. The fraction of sp³-hybridized carbons (Fsp3) is 0.667. The van der Waals surface area contributed by atoms with Gasteiger partial charge in [0.15, 0.2) is 0 Å². The lowest BCUT2D eigenvalue weighted by molar-refractivity contribution is -0.141. The molecule has 0 fully saturated rings. The van der Waals surface area contributed by atoms with Gasteiger partial charge in [0.1, 0.15) is 6.04 Å². The molecule has 5 nitrogen and oxygen atoms in total. The van der Waals surface area contributed by atoms with Gasteiger partial charge in [0.2, 0.25) is 5.91 Å². The summed E-state index contributed by atoms with van der Waals surface area (Å²) in [5, 5.41) is 10.6. The van der Waals surface area contributed by atoms with E-state index in [4.69, 9.17) is 22.4 Å². The van der Waals surface area contributed by atoms with Crippen molar-refractivity contribution in [1.29, 1.82) is 0 Å². The van der Waals surface area contributed by atoms with Crippen LogP contribution in [-0.2, 0) is 9.59 Å². The molecule has 0 heterocycles. The highest BCUT2D eigenvalue weighted by atomic mass is 35.5. The molecule has 0 radical (unpaired) electrons. The average Bonchev–Trinajstić information content (AvgIpc) is 1.98. The number of aliphatic carboxylic acids is 1. The minimum atomic E-state index is -1.17. The zero-order valence-electron chi connectivity index (χ0n) is 6.58. The van der Waals surface area contributed by atoms with Gasteiger partial charge in [0.25, 0.3) is 0 Å². The standard InChI is InChI=1S/C6H11ClN2O3/c1-3(8)5(10)9-4(2-7)6(11)12/h3-4H,2,8H2,1H3,(H,9,10)(H,11,12). The Bertz CT molecular complexity index is 184. The van der Waals surface area contributed by atoms with Gasteiger partial charge in [-0.15, -0.1) is 11.6 Å². The molecule has 0 saturated carbocycles. The molecule has 2 atom stereocenters. The highest BCUT2D eigenvalue weighted by molar-refractivity contribution is 6.19. The first-order chi connectivity index (χ1) is 5.49. The van der Waals surface area contributed by atoms with Crippen LogP contribution in [0.15, 0.2) is 0 Å². The molecular formula is C6H11ClN2O3. The first-order valence-corrected chi connectivity index (χ1v) is 3.87. The van der Waals surface area contributed by atoms with Crippen molar-refractivity contribution in [1.82, 2.24) is 5.32 Å². The number of alkyl halides is 1. The molecule has 12 heavy (non-hydrogen) atoms. The number of nitrogens with two attached hydrogens (primary N) is 1. The van der Waals surface area contributed by atoms with Crippen molar-refractivity contribution in [3.63, 3.8) is 0 Å². The van der Waals surface area contributed by atoms with Crippen molar-refractivity contribution >= 4 is 23.5 Å². The summed E-state index contributed by atoms with van der Waals surface area (Å²) in [6, 6.07) is -1.79. The van der Waals surface area contributed by atoms with Crippen LogP contribution in [0.25, 0.3) is 0 Å². The number of rotatable bonds is 4. The van der Waals surface area contributed by atoms with Crippen molar-refractivity contribution in [2.75, 3.05) is 5.88 Å². The third kappa shape index (κ3) is 3.54. The summed E-state index contributed by atoms with van der Waals surface area (Å²) in [6.07, 6.45) is 0. The number of carboxylic acids is 1. The maximum Gasteiger partial charge on any atom is 0.327 e. The summed E-state index contributed by atoms with van der Waals surface area (Å²) in [6.45, 7) is 1.46. The van der Waals surface area contributed by atoms with Crippen LogP contribution >= 0.6 is 11.6 Å². The topological polar surface area (TPSA) is 92.4 Å². The van der Waals surface area contributed by atoms with Gasteiger partial charge in [-0.3, -0.25) is 4.79 Å². The maximum atomic E-state index is 10.9. The zero-order chi connectivity index (χ0) is 9.72. The molecule has 0 aromatic heterocycles. The molecule has 6 heteroatoms. The van der Waals surface area contributed by atoms with Crippen molar-refractivity contribution in [2.24, 2.45) is 5.73 Å². The number of carboxylic acid groups (broad SMARTS) is 1. The highest BCUT2D eigenvalue weighted by Crippen LogP contribution is 1.89. The molecule has 0 aromatic carbocycles. The number of nitrogens with one attached hydrogen (secondary N) is 1. The summed E-state index contributed by atoms with van der Waals surface area (Å²) in [4.78, 5) is 21.2. The summed E-state index contributed by atoms with van der Waals surface area (Å²) >= 11 is 5.27. The molecular weight excluding hydrogens is 184 g/mol. The monoisotopic (exact) mass is 194 g/mol. The van der Waals surface area contributed by atoms with Gasteiger partial charge in [-0.25, -0.2) is 4.79 Å². The van der Waals surface area contributed by atoms with Crippen LogP contribution < -0.4 is 11.1 Å². The van der Waals surface area contributed by atoms with E-state index in [0.29, 0.717) is 0 Å². The fourth-order valence-electron chi connectivity index (χ4n) is 0.469. The van der Waals surface area contributed by atoms with E-state index in [2.05, 4.69) is 5.32 Å². The van der Waals surface area contributed by atoms with Crippen molar-refractivity contribution in [3.05, 3.63) is 0 Å². The smallest absolute Gasteiger partial charge is 0.327 e. The Morgan fingerprint density at radius 1 is 1.67 bits per heavy atom. The Morgan fingerprint density at radius 3 is 2.42 bits per heavy atom. The van der Waals surface area contributed by atoms with E-state index in [9.17, 15) is 9.59 Å². The largest absolute Gasteiger partial charge is 0.480 e. The summed E-state index contributed by atoms with van der Waals surface area (Å²) in [5.74, 6) is -1.87. The molecule has 0 bridgehead atoms. The lowest BCUT2D eigenvalue weighted by Gasteiger charge is -2.12. The molecule has 0 aromatic rings. The summed E-state index contributed by atoms with van der Waals surface area (Å²) in [7, 11) is 0. The third-order valence-corrected chi connectivity index (χ3v) is 1.49. The lowest BCUT2D eigenvalue weighted by atomic mass is 10.3. The molecule has 0 rings (SSSR count). The van der Waals surface area contributed by atoms with Crippen LogP contribution in [-0.4, -0.2) is 34.9 Å². The van der Waals surface area contributed by atoms with E-state index in [-0.39, 0.29) is 5.88 Å². The van der Waals surface area contributed by atoms with Crippen LogP contribution in [0.4, 0.5) is 0 Å².